The van der Waals surface area contributed by atoms with Gasteiger partial charge in [-0.2, -0.15) is 18.4 Å². The van der Waals surface area contributed by atoms with Crippen LogP contribution in [-0.2, 0) is 27.6 Å². The molecule has 15 heteroatoms. The number of nitrogens with two attached hydrogens (primary N) is 1. The second-order valence-electron chi connectivity index (χ2n) is 15.0. The predicted octanol–water partition coefficient (Wildman–Crippen LogP) is 5.34. The Bertz CT molecular complexity index is 2640. The number of nitrogens with zero attached hydrogens (tertiary/aromatic N) is 5. The van der Waals surface area contributed by atoms with E-state index >= 15 is 0 Å². The number of benzene rings is 3. The van der Waals surface area contributed by atoms with Crippen LogP contribution in [-0.4, -0.2) is 79.7 Å². The van der Waals surface area contributed by atoms with Gasteiger partial charge in [0.2, 0.25) is 11.8 Å². The molecule has 1 amide bonds. The number of imidazole rings is 1. The number of rotatable bonds is 12. The average molecular weight is 804 g/mol. The van der Waals surface area contributed by atoms with Crippen molar-refractivity contribution in [2.45, 2.75) is 46.5 Å². The van der Waals surface area contributed by atoms with Crippen LogP contribution in [0.15, 0.2) is 96.0 Å². The lowest BCUT2D eigenvalue weighted by atomic mass is 9.87. The lowest BCUT2D eigenvalue weighted by molar-refractivity contribution is -0.722. The number of carbonyl (C=O) groups excluding carboxylic acids is 1. The van der Waals surface area contributed by atoms with Crippen LogP contribution < -0.4 is 25.9 Å². The van der Waals surface area contributed by atoms with Crippen molar-refractivity contribution in [1.29, 1.82) is 0 Å². The van der Waals surface area contributed by atoms with Gasteiger partial charge in [0.15, 0.2) is 18.2 Å². The molecular weight excluding hydrogens is 757 g/mol. The summed E-state index contributed by atoms with van der Waals surface area (Å²) >= 11 is 0. The molecule has 4 N–H and O–H groups in total. The third-order valence-corrected chi connectivity index (χ3v) is 15.2. The number of hydrogen-bond donors (Lipinski definition) is 3. The Hall–Kier alpha value is -6.06. The van der Waals surface area contributed by atoms with Crippen molar-refractivity contribution in [3.63, 3.8) is 0 Å². The molecule has 2 aromatic heterocycles. The quantitative estimate of drug-likeness (QED) is 0.0851. The zero-order valence-corrected chi connectivity index (χ0v) is 35.0. The third kappa shape index (κ3) is 7.98. The molecule has 0 radical (unpaired) electrons. The van der Waals surface area contributed by atoms with Gasteiger partial charge >= 0.3 is 10.1 Å². The van der Waals surface area contributed by atoms with Crippen molar-refractivity contribution < 1.29 is 27.0 Å². The molecule has 0 atom stereocenters. The molecule has 294 valence electrons. The molecule has 1 aliphatic heterocycles. The van der Waals surface area contributed by atoms with E-state index in [0.717, 1.165) is 44.7 Å². The Balaban J connectivity index is 1.13. The van der Waals surface area contributed by atoms with E-state index in [1.54, 1.807) is 7.05 Å². The van der Waals surface area contributed by atoms with Gasteiger partial charge < -0.3 is 25.7 Å². The number of hydrogen-bond acceptors (Lipinski definition) is 10. The molecule has 13 nitrogen and oxygen atoms in total. The molecule has 5 aromatic rings. The fourth-order valence-corrected chi connectivity index (χ4v) is 11.4. The first-order valence-electron chi connectivity index (χ1n) is 18.7. The normalized spacial score (nSPS) is 15.5. The van der Waals surface area contributed by atoms with Gasteiger partial charge in [0.05, 0.1) is 12.1 Å². The highest BCUT2D eigenvalue weighted by Gasteiger charge is 2.41. The summed E-state index contributed by atoms with van der Waals surface area (Å²) in [6.07, 6.45) is 8.05. The van der Waals surface area contributed by atoms with Crippen molar-refractivity contribution in [2.24, 2.45) is 0 Å². The lowest BCUT2D eigenvalue weighted by Gasteiger charge is -2.38. The number of aromatic amines is 1. The fraction of sp³-hybridized carbons (Fsp3) is 0.262. The maximum Gasteiger partial charge on any atom is 0.366 e. The second-order valence-corrected chi connectivity index (χ2v) is 21.0. The van der Waals surface area contributed by atoms with E-state index in [0.29, 0.717) is 41.3 Å². The zero-order chi connectivity index (χ0) is 40.6. The Kier molecular flexibility index (Phi) is 10.6. The van der Waals surface area contributed by atoms with Crippen LogP contribution in [0, 0.1) is 6.92 Å². The average Bonchev–Trinajstić information content (AvgIpc) is 3.65. The van der Waals surface area contributed by atoms with E-state index in [2.05, 4.69) is 73.6 Å². The van der Waals surface area contributed by atoms with Gasteiger partial charge in [-0.05, 0) is 97.8 Å². The van der Waals surface area contributed by atoms with E-state index in [1.807, 2.05) is 76.5 Å². The van der Waals surface area contributed by atoms with E-state index in [9.17, 15) is 13.2 Å². The summed E-state index contributed by atoms with van der Waals surface area (Å²) in [5.41, 5.74) is 16.3. The number of hydroxylamine groups is 1. The van der Waals surface area contributed by atoms with Gasteiger partial charge in [-0.3, -0.25) is 4.79 Å². The number of fused-ring (bicyclic) bond motifs is 3. The molecule has 0 unspecified atom stereocenters. The molecule has 0 bridgehead atoms. The maximum atomic E-state index is 13.5. The van der Waals surface area contributed by atoms with Crippen LogP contribution in [0.25, 0.3) is 16.7 Å². The number of H-pyrrole nitrogens is 1. The number of amides is 1. The zero-order valence-electron chi connectivity index (χ0n) is 33.2. The van der Waals surface area contributed by atoms with Gasteiger partial charge in [0.1, 0.15) is 14.7 Å². The molecule has 3 heterocycles. The highest BCUT2D eigenvalue weighted by Crippen LogP contribution is 2.42. The standard InChI is InChI=1S/C42H46N8O5SSi/c1-8-19-56(52,53)55-50(5)31-15-18-34-36(22-31)57(6,7)35-21-30(49(3)4)14-17-33(35)37(34)32-16-13-29(20-26(32)2)40(51)44-23-27-9-11-28(12-10-27)24-54-41-38-39(46-25-45-38)47-42(43)48-41/h9-18,20-22,25,43-44,51H,8,19,23-24H2,1-7H3/p+1. The maximum absolute atomic E-state index is 13.5. The van der Waals surface area contributed by atoms with E-state index < -0.39 is 18.2 Å². The first-order valence-corrected chi connectivity index (χ1v) is 23.3. The first-order chi connectivity index (χ1) is 27.1. The van der Waals surface area contributed by atoms with Gasteiger partial charge in [0.25, 0.3) is 11.6 Å². The van der Waals surface area contributed by atoms with Crippen LogP contribution in [0.5, 0.6) is 5.88 Å². The Morgan fingerprint density at radius 1 is 1.00 bits per heavy atom. The Morgan fingerprint density at radius 3 is 2.46 bits per heavy atom. The molecule has 0 saturated heterocycles. The first kappa shape index (κ1) is 39.2. The van der Waals surface area contributed by atoms with E-state index in [-0.39, 0.29) is 24.2 Å². The molecule has 2 aliphatic rings. The lowest BCUT2D eigenvalue weighted by Crippen LogP contribution is -2.49. The largest absolute Gasteiger partial charge is 0.471 e. The minimum Gasteiger partial charge on any atom is -0.471 e. The molecule has 3 aromatic carbocycles. The number of allylic oxidation sites excluding steroid dienone is 5. The minimum atomic E-state index is -3.72. The number of carbonyl (C=O) groups is 1. The molecule has 0 spiro atoms. The highest BCUT2D eigenvalue weighted by atomic mass is 32.2. The van der Waals surface area contributed by atoms with E-state index in [1.165, 1.54) is 21.4 Å². The van der Waals surface area contributed by atoms with E-state index in [4.69, 9.17) is 14.8 Å². The number of nitrogens with one attached hydrogen (secondary N) is 2. The van der Waals surface area contributed by atoms with Gasteiger partial charge in [0, 0.05) is 44.0 Å². The smallest absolute Gasteiger partial charge is 0.366 e. The predicted molar refractivity (Wildman–Crippen MR) is 227 cm³/mol. The van der Waals surface area contributed by atoms with Crippen molar-refractivity contribution >= 4 is 63.4 Å². The van der Waals surface area contributed by atoms with Gasteiger partial charge in [-0.15, -0.1) is 4.28 Å². The van der Waals surface area contributed by atoms with Crippen LogP contribution in [0.1, 0.15) is 51.5 Å². The summed E-state index contributed by atoms with van der Waals surface area (Å²) in [5.74, 6) is 0.169. The fourth-order valence-electron chi connectivity index (χ4n) is 7.29. The molecule has 7 rings (SSSR count). The summed E-state index contributed by atoms with van der Waals surface area (Å²) in [7, 11) is -0.337. The van der Waals surface area contributed by atoms with Crippen molar-refractivity contribution in [3.8, 4) is 5.88 Å². The van der Waals surface area contributed by atoms with Crippen molar-refractivity contribution in [1.82, 2.24) is 25.3 Å². The Morgan fingerprint density at radius 2 is 1.74 bits per heavy atom. The monoisotopic (exact) mass is 803 g/mol. The summed E-state index contributed by atoms with van der Waals surface area (Å²) in [6, 6.07) is 20.3. The van der Waals surface area contributed by atoms with Crippen LogP contribution in [0.2, 0.25) is 13.1 Å². The summed E-state index contributed by atoms with van der Waals surface area (Å²) < 4.78 is 37.8. The SMILES string of the molecule is CCCS(=O)(=O)O/[N+](C)=C1\C=CC2=C(c3ccc(C(=O)NCc4ccc(COc5nc(N)nc6[nH]cnc56)cc4)cc3C)c3ccc(N(C)C)cc3[Si](C)(C)C2=C1. The highest BCUT2D eigenvalue weighted by molar-refractivity contribution is 7.86. The molecule has 0 saturated carbocycles. The summed E-state index contributed by atoms with van der Waals surface area (Å²) in [5, 5.41) is 5.52. The second kappa shape index (κ2) is 15.5. The van der Waals surface area contributed by atoms with Gasteiger partial charge in [-0.25, -0.2) is 4.98 Å². The number of aromatic nitrogens is 4. The number of ether oxygens (including phenoxy) is 1. The van der Waals surface area contributed by atoms with Crippen molar-refractivity contribution in [3.05, 3.63) is 129 Å². The number of aryl methyl sites for hydroxylation is 1. The number of nitrogen functional groups attached to an aromatic ring is 1. The molecule has 1 aliphatic carbocycles. The van der Waals surface area contributed by atoms with Crippen LogP contribution >= 0.6 is 0 Å². The topological polar surface area (TPSA) is 168 Å². The van der Waals surface area contributed by atoms with Crippen LogP contribution in [0.4, 0.5) is 11.6 Å². The number of anilines is 2. The molecule has 57 heavy (non-hydrogen) atoms. The Labute approximate surface area is 333 Å². The molecule has 0 fully saturated rings. The minimum absolute atomic E-state index is 0.0586. The summed E-state index contributed by atoms with van der Waals surface area (Å²) in [6.45, 7) is 9.11. The van der Waals surface area contributed by atoms with Crippen molar-refractivity contribution in [2.75, 3.05) is 37.5 Å². The summed E-state index contributed by atoms with van der Waals surface area (Å²) in [4.78, 5) is 31.0. The molecular formula is C42H47N8O5SSi+. The third-order valence-electron chi connectivity index (χ3n) is 10.3. The van der Waals surface area contributed by atoms with Gasteiger partial charge in [-0.1, -0.05) is 56.4 Å². The van der Waals surface area contributed by atoms with Crippen LogP contribution in [0.3, 0.4) is 0 Å².